The highest BCUT2D eigenvalue weighted by Gasteiger charge is 2.08. The van der Waals surface area contributed by atoms with Crippen molar-refractivity contribution in [3.8, 4) is 0 Å². The average molecular weight is 283 g/mol. The summed E-state index contributed by atoms with van der Waals surface area (Å²) in [5, 5.41) is 1.93. The highest BCUT2D eigenvalue weighted by Crippen LogP contribution is 2.17. The molecule has 18 heavy (non-hydrogen) atoms. The Kier molecular flexibility index (Phi) is 4.29. The van der Waals surface area contributed by atoms with Gasteiger partial charge >= 0.3 is 0 Å². The Hall–Kier alpha value is -1.44. The standard InChI is InChI=1S/C11H13N3O2S2/c12-10(11-6-17-7-13-11)5-8-1-3-9(4-2-8)14-18(15)16/h1-4,6-7,10,18H,5,12H2,(H,14,15,16)/t10-/m0/s1. The Morgan fingerprint density at radius 1 is 1.33 bits per heavy atom. The first kappa shape index (κ1) is 13.0. The highest BCUT2D eigenvalue weighted by molar-refractivity contribution is 7.73. The van der Waals surface area contributed by atoms with Crippen LogP contribution in [0.25, 0.3) is 0 Å². The summed E-state index contributed by atoms with van der Waals surface area (Å²) in [5.74, 6) is 0. The maximum atomic E-state index is 10.5. The van der Waals surface area contributed by atoms with E-state index in [0.717, 1.165) is 11.3 Å². The Bertz CT molecular complexity index is 556. The fourth-order valence-electron chi connectivity index (χ4n) is 1.58. The number of nitrogens with one attached hydrogen (secondary N) is 1. The minimum absolute atomic E-state index is 0.133. The Morgan fingerprint density at radius 3 is 2.61 bits per heavy atom. The van der Waals surface area contributed by atoms with Crippen molar-refractivity contribution in [2.75, 3.05) is 4.72 Å². The van der Waals surface area contributed by atoms with Crippen LogP contribution in [0.15, 0.2) is 35.2 Å². The molecule has 0 aliphatic heterocycles. The quantitative estimate of drug-likeness (QED) is 0.723. The van der Waals surface area contributed by atoms with Crippen molar-refractivity contribution in [3.05, 3.63) is 46.4 Å². The summed E-state index contributed by atoms with van der Waals surface area (Å²) >= 11 is 1.52. The SMILES string of the molecule is N[C@@H](Cc1ccc(N[SH](=O)=O)cc1)c1cscn1. The van der Waals surface area contributed by atoms with Gasteiger partial charge in [0.15, 0.2) is 0 Å². The molecule has 7 heteroatoms. The predicted molar refractivity (Wildman–Crippen MR) is 73.1 cm³/mol. The molecule has 0 saturated heterocycles. The Labute approximate surface area is 111 Å². The molecule has 0 bridgehead atoms. The minimum atomic E-state index is -2.62. The third-order valence-electron chi connectivity index (χ3n) is 2.46. The van der Waals surface area contributed by atoms with Gasteiger partial charge in [0.05, 0.1) is 17.2 Å². The number of nitrogens with zero attached hydrogens (tertiary/aromatic N) is 1. The summed E-state index contributed by atoms with van der Waals surface area (Å²) in [6, 6.07) is 7.01. The molecule has 2 aromatic rings. The molecule has 0 radical (unpaired) electrons. The zero-order valence-corrected chi connectivity index (χ0v) is 11.2. The number of anilines is 1. The number of hydrogen-bond acceptors (Lipinski definition) is 5. The van der Waals surface area contributed by atoms with Crippen molar-refractivity contribution in [2.45, 2.75) is 12.5 Å². The van der Waals surface area contributed by atoms with E-state index in [-0.39, 0.29) is 6.04 Å². The molecule has 3 N–H and O–H groups in total. The first-order valence-electron chi connectivity index (χ1n) is 5.29. The van der Waals surface area contributed by atoms with Gasteiger partial charge in [0.2, 0.25) is 10.9 Å². The van der Waals surface area contributed by atoms with Crippen molar-refractivity contribution in [3.63, 3.8) is 0 Å². The molecule has 1 aromatic heterocycles. The van der Waals surface area contributed by atoms with Crippen molar-refractivity contribution in [1.82, 2.24) is 4.98 Å². The lowest BCUT2D eigenvalue weighted by Gasteiger charge is -2.09. The smallest absolute Gasteiger partial charge is 0.222 e. The first-order valence-corrected chi connectivity index (χ1v) is 7.41. The second kappa shape index (κ2) is 5.94. The van der Waals surface area contributed by atoms with Gasteiger partial charge in [-0.05, 0) is 24.1 Å². The van der Waals surface area contributed by atoms with E-state index in [4.69, 9.17) is 5.73 Å². The van der Waals surface area contributed by atoms with Crippen LogP contribution in [0.2, 0.25) is 0 Å². The second-order valence-electron chi connectivity index (χ2n) is 3.79. The molecule has 0 aliphatic rings. The topological polar surface area (TPSA) is 85.1 Å². The highest BCUT2D eigenvalue weighted by atomic mass is 32.2. The zero-order chi connectivity index (χ0) is 13.0. The van der Waals surface area contributed by atoms with Gasteiger partial charge in [0.1, 0.15) is 0 Å². The molecule has 1 aromatic carbocycles. The lowest BCUT2D eigenvalue weighted by Crippen LogP contribution is -2.13. The third kappa shape index (κ3) is 3.52. The summed E-state index contributed by atoms with van der Waals surface area (Å²) < 4.78 is 23.3. The monoisotopic (exact) mass is 283 g/mol. The molecule has 0 unspecified atom stereocenters. The summed E-state index contributed by atoms with van der Waals surface area (Å²) in [5.41, 5.74) is 10.3. The van der Waals surface area contributed by atoms with Gasteiger partial charge in [0.25, 0.3) is 0 Å². The van der Waals surface area contributed by atoms with Gasteiger partial charge in [0, 0.05) is 11.1 Å². The predicted octanol–water partition coefficient (Wildman–Crippen LogP) is 1.32. The van der Waals surface area contributed by atoms with Crippen LogP contribution in [0.3, 0.4) is 0 Å². The molecule has 1 heterocycles. The molecular formula is C11H13N3O2S2. The van der Waals surface area contributed by atoms with Crippen LogP contribution in [0, 0.1) is 0 Å². The molecule has 0 fully saturated rings. The molecule has 0 saturated carbocycles. The van der Waals surface area contributed by atoms with E-state index in [1.54, 1.807) is 17.6 Å². The molecule has 2 rings (SSSR count). The number of nitrogens with two attached hydrogens (primary N) is 1. The van der Waals surface area contributed by atoms with Crippen LogP contribution < -0.4 is 10.5 Å². The van der Waals surface area contributed by atoms with Gasteiger partial charge in [-0.2, -0.15) is 0 Å². The lowest BCUT2D eigenvalue weighted by molar-refractivity contribution is 0.619. The number of benzene rings is 1. The van der Waals surface area contributed by atoms with Gasteiger partial charge in [-0.25, -0.2) is 13.4 Å². The van der Waals surface area contributed by atoms with Crippen molar-refractivity contribution >= 4 is 27.9 Å². The van der Waals surface area contributed by atoms with Gasteiger partial charge in [-0.15, -0.1) is 11.3 Å². The fourth-order valence-corrected chi connectivity index (χ4v) is 2.56. The molecule has 0 aliphatic carbocycles. The van der Waals surface area contributed by atoms with Crippen molar-refractivity contribution < 1.29 is 8.42 Å². The third-order valence-corrected chi connectivity index (χ3v) is 3.51. The Morgan fingerprint density at radius 2 is 2.06 bits per heavy atom. The summed E-state index contributed by atoms with van der Waals surface area (Å²) in [6.45, 7) is 0. The van der Waals surface area contributed by atoms with Crippen molar-refractivity contribution in [2.24, 2.45) is 5.73 Å². The van der Waals surface area contributed by atoms with E-state index >= 15 is 0 Å². The molecule has 96 valence electrons. The second-order valence-corrected chi connectivity index (χ2v) is 5.25. The molecule has 0 spiro atoms. The van der Waals surface area contributed by atoms with Crippen LogP contribution in [0.1, 0.15) is 17.3 Å². The molecule has 0 amide bonds. The van der Waals surface area contributed by atoms with Crippen LogP contribution in [0.5, 0.6) is 0 Å². The van der Waals surface area contributed by atoms with Crippen LogP contribution in [-0.4, -0.2) is 13.4 Å². The van der Waals surface area contributed by atoms with Crippen molar-refractivity contribution in [1.29, 1.82) is 0 Å². The number of rotatable bonds is 5. The van der Waals surface area contributed by atoms with E-state index < -0.39 is 10.9 Å². The van der Waals surface area contributed by atoms with E-state index in [9.17, 15) is 8.42 Å². The molecular weight excluding hydrogens is 270 g/mol. The molecule has 1 atom stereocenters. The van der Waals surface area contributed by atoms with Crippen LogP contribution in [0.4, 0.5) is 5.69 Å². The molecule has 5 nitrogen and oxygen atoms in total. The van der Waals surface area contributed by atoms with Gasteiger partial charge in [-0.1, -0.05) is 12.1 Å². The van der Waals surface area contributed by atoms with Gasteiger partial charge < -0.3 is 5.73 Å². The summed E-state index contributed by atoms with van der Waals surface area (Å²) in [7, 11) is -2.62. The Balaban J connectivity index is 2.02. The summed E-state index contributed by atoms with van der Waals surface area (Å²) in [6.07, 6.45) is 0.674. The van der Waals surface area contributed by atoms with Crippen LogP contribution in [-0.2, 0) is 17.3 Å². The average Bonchev–Trinajstić information content (AvgIpc) is 2.84. The van der Waals surface area contributed by atoms with E-state index in [0.29, 0.717) is 12.1 Å². The largest absolute Gasteiger partial charge is 0.322 e. The number of hydrogen-bond donors (Lipinski definition) is 3. The summed E-state index contributed by atoms with van der Waals surface area (Å²) in [4.78, 5) is 4.17. The normalized spacial score (nSPS) is 12.6. The van der Waals surface area contributed by atoms with E-state index in [1.807, 2.05) is 17.5 Å². The van der Waals surface area contributed by atoms with E-state index in [1.165, 1.54) is 11.3 Å². The van der Waals surface area contributed by atoms with E-state index in [2.05, 4.69) is 9.71 Å². The maximum absolute atomic E-state index is 10.5. The zero-order valence-electron chi connectivity index (χ0n) is 9.45. The number of thiol groups is 1. The number of aromatic nitrogens is 1. The number of thiazole rings is 1. The lowest BCUT2D eigenvalue weighted by atomic mass is 10.0. The first-order chi connectivity index (χ1) is 8.65. The fraction of sp³-hybridized carbons (Fsp3) is 0.182. The maximum Gasteiger partial charge on any atom is 0.222 e. The van der Waals surface area contributed by atoms with Crippen LogP contribution >= 0.6 is 11.3 Å². The van der Waals surface area contributed by atoms with Gasteiger partial charge in [-0.3, -0.25) is 4.72 Å². The minimum Gasteiger partial charge on any atom is -0.322 e.